The monoisotopic (exact) mass is 281 g/mol. The maximum absolute atomic E-state index is 13.8. The fourth-order valence-corrected chi connectivity index (χ4v) is 2.34. The molecule has 0 saturated carbocycles. The van der Waals surface area contributed by atoms with Gasteiger partial charge in [-0.3, -0.25) is 0 Å². The summed E-state index contributed by atoms with van der Waals surface area (Å²) in [6.45, 7) is 9.74. The number of aliphatic hydroxyl groups is 1. The Morgan fingerprint density at radius 1 is 1.15 bits per heavy atom. The molecule has 1 aromatic rings. The van der Waals surface area contributed by atoms with Gasteiger partial charge in [0.2, 0.25) is 0 Å². The molecule has 0 amide bonds. The van der Waals surface area contributed by atoms with Crippen LogP contribution in [0.1, 0.15) is 63.7 Å². The van der Waals surface area contributed by atoms with Gasteiger partial charge in [0, 0.05) is 24.3 Å². The molecule has 0 aromatic heterocycles. The van der Waals surface area contributed by atoms with Crippen LogP contribution in [0.4, 0.5) is 10.1 Å². The van der Waals surface area contributed by atoms with Crippen LogP contribution in [0.15, 0.2) is 12.1 Å². The number of unbranched alkanes of at least 4 members (excludes halogenated alkanes) is 2. The van der Waals surface area contributed by atoms with Crippen molar-refractivity contribution in [2.45, 2.75) is 59.5 Å². The van der Waals surface area contributed by atoms with Crippen LogP contribution < -0.4 is 4.90 Å². The van der Waals surface area contributed by atoms with Crippen LogP contribution in [0.5, 0.6) is 0 Å². The van der Waals surface area contributed by atoms with Crippen molar-refractivity contribution in [3.8, 4) is 0 Å². The third-order valence-corrected chi connectivity index (χ3v) is 3.66. The molecular formula is C17H28FNO. The Morgan fingerprint density at radius 2 is 1.70 bits per heavy atom. The SMILES string of the molecule is CCCCN(CCCC)c1cc(C)c(F)cc1C(C)O. The van der Waals surface area contributed by atoms with Crippen molar-refractivity contribution >= 4 is 5.69 Å². The number of benzene rings is 1. The van der Waals surface area contributed by atoms with Crippen molar-refractivity contribution in [2.24, 2.45) is 0 Å². The number of anilines is 1. The second-order valence-corrected chi connectivity index (χ2v) is 5.53. The Kier molecular flexibility index (Phi) is 7.00. The highest BCUT2D eigenvalue weighted by molar-refractivity contribution is 5.56. The van der Waals surface area contributed by atoms with E-state index in [0.29, 0.717) is 11.1 Å². The second-order valence-electron chi connectivity index (χ2n) is 5.53. The first-order chi connectivity index (χ1) is 9.51. The van der Waals surface area contributed by atoms with E-state index in [1.807, 2.05) is 6.07 Å². The van der Waals surface area contributed by atoms with Gasteiger partial charge in [-0.05, 0) is 44.4 Å². The third kappa shape index (κ3) is 4.48. The summed E-state index contributed by atoms with van der Waals surface area (Å²) >= 11 is 0. The normalized spacial score (nSPS) is 12.5. The Hall–Kier alpha value is -1.09. The summed E-state index contributed by atoms with van der Waals surface area (Å²) in [5.74, 6) is -0.240. The van der Waals surface area contributed by atoms with Gasteiger partial charge in [0.15, 0.2) is 0 Å². The molecule has 0 aliphatic rings. The molecule has 3 heteroatoms. The van der Waals surface area contributed by atoms with Crippen molar-refractivity contribution < 1.29 is 9.50 Å². The highest BCUT2D eigenvalue weighted by atomic mass is 19.1. The predicted octanol–water partition coefficient (Wildman–Crippen LogP) is 4.59. The van der Waals surface area contributed by atoms with Crippen LogP contribution in [-0.2, 0) is 0 Å². The largest absolute Gasteiger partial charge is 0.389 e. The molecule has 1 unspecified atom stereocenters. The van der Waals surface area contributed by atoms with E-state index in [4.69, 9.17) is 0 Å². The molecule has 0 heterocycles. The number of nitrogens with zero attached hydrogens (tertiary/aromatic N) is 1. The summed E-state index contributed by atoms with van der Waals surface area (Å²) < 4.78 is 13.8. The van der Waals surface area contributed by atoms with E-state index in [0.717, 1.165) is 44.5 Å². The minimum absolute atomic E-state index is 0.240. The van der Waals surface area contributed by atoms with E-state index in [1.54, 1.807) is 13.8 Å². The summed E-state index contributed by atoms with van der Waals surface area (Å²) in [4.78, 5) is 2.29. The number of aryl methyl sites for hydroxylation is 1. The quantitative estimate of drug-likeness (QED) is 0.753. The maximum Gasteiger partial charge on any atom is 0.126 e. The number of hydrogen-bond donors (Lipinski definition) is 1. The van der Waals surface area contributed by atoms with Crippen molar-refractivity contribution in [3.63, 3.8) is 0 Å². The molecule has 1 N–H and O–H groups in total. The van der Waals surface area contributed by atoms with Crippen molar-refractivity contribution in [1.29, 1.82) is 0 Å². The van der Waals surface area contributed by atoms with Gasteiger partial charge in [-0.25, -0.2) is 4.39 Å². The van der Waals surface area contributed by atoms with Crippen LogP contribution in [0, 0.1) is 12.7 Å². The van der Waals surface area contributed by atoms with E-state index in [-0.39, 0.29) is 5.82 Å². The average Bonchev–Trinajstić information content (AvgIpc) is 2.41. The van der Waals surface area contributed by atoms with Gasteiger partial charge >= 0.3 is 0 Å². The number of rotatable bonds is 8. The van der Waals surface area contributed by atoms with Gasteiger partial charge in [-0.2, -0.15) is 0 Å². The minimum atomic E-state index is -0.647. The lowest BCUT2D eigenvalue weighted by atomic mass is 10.0. The van der Waals surface area contributed by atoms with Crippen molar-refractivity contribution in [2.75, 3.05) is 18.0 Å². The Morgan fingerprint density at radius 3 is 2.15 bits per heavy atom. The zero-order valence-electron chi connectivity index (χ0n) is 13.2. The molecule has 0 aliphatic carbocycles. The summed E-state index contributed by atoms with van der Waals surface area (Å²) in [7, 11) is 0. The number of hydrogen-bond acceptors (Lipinski definition) is 2. The summed E-state index contributed by atoms with van der Waals surface area (Å²) in [6, 6.07) is 3.36. The number of aliphatic hydroxyl groups excluding tert-OH is 1. The fraction of sp³-hybridized carbons (Fsp3) is 0.647. The van der Waals surface area contributed by atoms with Crippen LogP contribution in [-0.4, -0.2) is 18.2 Å². The molecule has 1 rings (SSSR count). The highest BCUT2D eigenvalue weighted by Crippen LogP contribution is 2.30. The lowest BCUT2D eigenvalue weighted by molar-refractivity contribution is 0.199. The minimum Gasteiger partial charge on any atom is -0.389 e. The third-order valence-electron chi connectivity index (χ3n) is 3.66. The van der Waals surface area contributed by atoms with Crippen molar-refractivity contribution in [1.82, 2.24) is 0 Å². The van der Waals surface area contributed by atoms with Gasteiger partial charge < -0.3 is 10.0 Å². The molecule has 0 aliphatic heterocycles. The molecule has 0 saturated heterocycles. The van der Waals surface area contributed by atoms with Gasteiger partial charge in [-0.1, -0.05) is 26.7 Å². The first-order valence-electron chi connectivity index (χ1n) is 7.74. The molecule has 0 bridgehead atoms. The average molecular weight is 281 g/mol. The van der Waals surface area contributed by atoms with Crippen LogP contribution in [0.25, 0.3) is 0 Å². The summed E-state index contributed by atoms with van der Waals surface area (Å²) in [5, 5.41) is 9.93. The zero-order valence-corrected chi connectivity index (χ0v) is 13.2. The molecule has 0 radical (unpaired) electrons. The summed E-state index contributed by atoms with van der Waals surface area (Å²) in [5.41, 5.74) is 2.32. The molecule has 0 spiro atoms. The second kappa shape index (κ2) is 8.25. The molecule has 1 aromatic carbocycles. The topological polar surface area (TPSA) is 23.5 Å². The standard InChI is InChI=1S/C17H28FNO/c1-5-7-9-19(10-8-6-2)17-11-13(3)16(18)12-15(17)14(4)20/h11-12,14,20H,5-10H2,1-4H3. The van der Waals surface area contributed by atoms with Gasteiger partial charge in [0.05, 0.1) is 6.10 Å². The molecule has 1 atom stereocenters. The van der Waals surface area contributed by atoms with E-state index in [9.17, 15) is 9.50 Å². The van der Waals surface area contributed by atoms with E-state index in [1.165, 1.54) is 6.07 Å². The smallest absolute Gasteiger partial charge is 0.126 e. The Bertz CT molecular complexity index is 410. The number of halogens is 1. The van der Waals surface area contributed by atoms with Crippen molar-refractivity contribution in [3.05, 3.63) is 29.1 Å². The van der Waals surface area contributed by atoms with E-state index in [2.05, 4.69) is 18.7 Å². The molecule has 2 nitrogen and oxygen atoms in total. The maximum atomic E-state index is 13.8. The molecule has 114 valence electrons. The Balaban J connectivity index is 3.11. The first-order valence-corrected chi connectivity index (χ1v) is 7.74. The zero-order chi connectivity index (χ0) is 15.1. The molecule has 0 fully saturated rings. The lowest BCUT2D eigenvalue weighted by Gasteiger charge is -2.28. The van der Waals surface area contributed by atoms with Gasteiger partial charge in [-0.15, -0.1) is 0 Å². The van der Waals surface area contributed by atoms with Crippen LogP contribution in [0.3, 0.4) is 0 Å². The van der Waals surface area contributed by atoms with Crippen LogP contribution >= 0.6 is 0 Å². The summed E-state index contributed by atoms with van der Waals surface area (Å²) in [6.07, 6.45) is 3.84. The fourth-order valence-electron chi connectivity index (χ4n) is 2.34. The van der Waals surface area contributed by atoms with Gasteiger partial charge in [0.25, 0.3) is 0 Å². The van der Waals surface area contributed by atoms with Gasteiger partial charge in [0.1, 0.15) is 5.82 Å². The lowest BCUT2D eigenvalue weighted by Crippen LogP contribution is -2.27. The molecule has 20 heavy (non-hydrogen) atoms. The van der Waals surface area contributed by atoms with Crippen LogP contribution in [0.2, 0.25) is 0 Å². The predicted molar refractivity (Wildman–Crippen MR) is 83.8 cm³/mol. The highest BCUT2D eigenvalue weighted by Gasteiger charge is 2.16. The first kappa shape index (κ1) is 17.0. The van der Waals surface area contributed by atoms with E-state index < -0.39 is 6.10 Å². The molecular weight excluding hydrogens is 253 g/mol. The van der Waals surface area contributed by atoms with E-state index >= 15 is 0 Å². The Labute approximate surface area is 122 Å².